The molecule has 0 saturated carbocycles. The van der Waals surface area contributed by atoms with Crippen molar-refractivity contribution >= 4 is 38.2 Å². The Labute approximate surface area is 218 Å². The SMILES string of the molecule is O=C(OCCC(O)(C(F)(F)F)C(F)(F)F)c1cc(-c2ccc(S(=O)(=O)O)cc2)cc2c(OS(=O)[O-])cccc12. The molecule has 3 aromatic rings. The molecule has 0 heterocycles. The Hall–Kier alpha value is -3.25. The highest BCUT2D eigenvalue weighted by atomic mass is 32.2. The molecule has 0 amide bonds. The summed E-state index contributed by atoms with van der Waals surface area (Å²) in [5.41, 5.74) is -5.31. The number of fused-ring (bicyclic) bond motifs is 1. The Balaban J connectivity index is 2.06. The van der Waals surface area contributed by atoms with Crippen molar-refractivity contribution in [2.24, 2.45) is 0 Å². The molecule has 2 N–H and O–H groups in total. The average molecular weight is 601 g/mol. The maximum absolute atomic E-state index is 12.9. The molecule has 0 saturated heterocycles. The lowest BCUT2D eigenvalue weighted by molar-refractivity contribution is -0.371. The van der Waals surface area contributed by atoms with E-state index in [0.717, 1.165) is 18.2 Å². The molecule has 212 valence electrons. The van der Waals surface area contributed by atoms with E-state index < -0.39 is 68.9 Å². The molecular weight excluding hydrogens is 586 g/mol. The van der Waals surface area contributed by atoms with Crippen LogP contribution in [-0.4, -0.2) is 57.4 Å². The van der Waals surface area contributed by atoms with Gasteiger partial charge in [0, 0.05) is 11.8 Å². The van der Waals surface area contributed by atoms with Crippen LogP contribution >= 0.6 is 0 Å². The fourth-order valence-electron chi connectivity index (χ4n) is 3.47. The van der Waals surface area contributed by atoms with Gasteiger partial charge < -0.3 is 18.6 Å². The van der Waals surface area contributed by atoms with E-state index in [9.17, 15) is 53.4 Å². The summed E-state index contributed by atoms with van der Waals surface area (Å²) >= 11 is -3.09. The first-order valence-electron chi connectivity index (χ1n) is 10.3. The van der Waals surface area contributed by atoms with Gasteiger partial charge in [-0.25, -0.2) is 9.00 Å². The second-order valence-electron chi connectivity index (χ2n) is 7.90. The fraction of sp³-hybridized carbons (Fsp3) is 0.227. The van der Waals surface area contributed by atoms with Gasteiger partial charge in [0.2, 0.25) is 0 Å². The largest absolute Gasteiger partial charge is 0.740 e. The predicted molar refractivity (Wildman–Crippen MR) is 121 cm³/mol. The van der Waals surface area contributed by atoms with Crippen LogP contribution in [0.3, 0.4) is 0 Å². The van der Waals surface area contributed by atoms with Crippen LogP contribution in [0.5, 0.6) is 5.75 Å². The van der Waals surface area contributed by atoms with Gasteiger partial charge in [-0.15, -0.1) is 0 Å². The van der Waals surface area contributed by atoms with E-state index in [1.165, 1.54) is 36.4 Å². The van der Waals surface area contributed by atoms with Crippen LogP contribution in [0.25, 0.3) is 21.9 Å². The highest BCUT2D eigenvalue weighted by molar-refractivity contribution is 7.85. The smallest absolute Gasteiger partial charge is 0.426 e. The van der Waals surface area contributed by atoms with Crippen molar-refractivity contribution < 1.29 is 66.9 Å². The van der Waals surface area contributed by atoms with Gasteiger partial charge >= 0.3 is 18.3 Å². The van der Waals surface area contributed by atoms with Crippen molar-refractivity contribution in [2.45, 2.75) is 29.3 Å². The number of esters is 1. The fourth-order valence-corrected chi connectivity index (χ4v) is 4.24. The lowest BCUT2D eigenvalue weighted by atomic mass is 9.96. The van der Waals surface area contributed by atoms with Crippen LogP contribution in [0.4, 0.5) is 26.3 Å². The van der Waals surface area contributed by atoms with E-state index in [-0.39, 0.29) is 27.6 Å². The first-order chi connectivity index (χ1) is 17.8. The van der Waals surface area contributed by atoms with E-state index in [2.05, 4.69) is 8.92 Å². The molecule has 0 aliphatic carbocycles. The van der Waals surface area contributed by atoms with Gasteiger partial charge in [-0.1, -0.05) is 24.3 Å². The third-order valence-corrected chi connectivity index (χ3v) is 6.64. The number of benzene rings is 3. The molecule has 0 aromatic heterocycles. The van der Waals surface area contributed by atoms with Gasteiger partial charge in [0.15, 0.2) is 0 Å². The minimum atomic E-state index is -6.13. The second-order valence-corrected chi connectivity index (χ2v) is 9.90. The molecular formula is C22H15F6O9S2-. The molecule has 39 heavy (non-hydrogen) atoms. The first kappa shape index (κ1) is 30.3. The van der Waals surface area contributed by atoms with Crippen molar-refractivity contribution in [3.05, 3.63) is 60.2 Å². The zero-order valence-corrected chi connectivity index (χ0v) is 20.6. The lowest BCUT2D eigenvalue weighted by Gasteiger charge is -2.32. The average Bonchev–Trinajstić information content (AvgIpc) is 2.81. The lowest BCUT2D eigenvalue weighted by Crippen LogP contribution is -2.57. The van der Waals surface area contributed by atoms with Crippen LogP contribution in [0.1, 0.15) is 16.8 Å². The molecule has 17 heteroatoms. The Bertz CT molecular complexity index is 1500. The summed E-state index contributed by atoms with van der Waals surface area (Å²) in [6.07, 6.45) is -14.3. The molecule has 3 aromatic carbocycles. The molecule has 1 unspecified atom stereocenters. The first-order valence-corrected chi connectivity index (χ1v) is 12.7. The normalized spacial score (nSPS) is 13.8. The maximum Gasteiger partial charge on any atom is 0.426 e. The molecule has 1 atom stereocenters. The van der Waals surface area contributed by atoms with E-state index in [0.29, 0.717) is 0 Å². The zero-order valence-electron chi connectivity index (χ0n) is 18.9. The number of carbonyl (C=O) groups excluding carboxylic acids is 1. The number of carbonyl (C=O) groups is 1. The summed E-state index contributed by atoms with van der Waals surface area (Å²) in [5.74, 6) is -1.74. The van der Waals surface area contributed by atoms with Crippen molar-refractivity contribution in [3.8, 4) is 16.9 Å². The minimum Gasteiger partial charge on any atom is -0.740 e. The van der Waals surface area contributed by atoms with Crippen molar-refractivity contribution in [3.63, 3.8) is 0 Å². The Kier molecular flexibility index (Phi) is 8.33. The Morgan fingerprint density at radius 2 is 1.51 bits per heavy atom. The van der Waals surface area contributed by atoms with Crippen LogP contribution in [0.2, 0.25) is 0 Å². The van der Waals surface area contributed by atoms with Gasteiger partial charge in [-0.2, -0.15) is 34.8 Å². The van der Waals surface area contributed by atoms with E-state index >= 15 is 0 Å². The van der Waals surface area contributed by atoms with Crippen molar-refractivity contribution in [2.75, 3.05) is 6.61 Å². The monoisotopic (exact) mass is 601 g/mol. The van der Waals surface area contributed by atoms with Gasteiger partial charge in [0.05, 0.1) is 17.1 Å². The number of hydrogen-bond acceptors (Lipinski definition) is 8. The number of aliphatic hydroxyl groups is 1. The van der Waals surface area contributed by atoms with Gasteiger partial charge in [-0.05, 0) is 46.8 Å². The number of hydrogen-bond donors (Lipinski definition) is 2. The van der Waals surface area contributed by atoms with Crippen LogP contribution in [-0.2, 0) is 26.2 Å². The second kappa shape index (κ2) is 10.7. The summed E-state index contributed by atoms with van der Waals surface area (Å²) in [5, 5.41) is 9.14. The summed E-state index contributed by atoms with van der Waals surface area (Å²) in [7, 11) is -4.56. The quantitative estimate of drug-likeness (QED) is 0.166. The summed E-state index contributed by atoms with van der Waals surface area (Å²) in [4.78, 5) is 12.3. The molecule has 0 radical (unpaired) electrons. The minimum absolute atomic E-state index is 0.0490. The van der Waals surface area contributed by atoms with Crippen LogP contribution in [0.15, 0.2) is 59.5 Å². The standard InChI is InChI=1S/C22H16F6O9S2/c23-21(24,25)20(30,22(26,27)28)8-9-36-19(29)17-11-13(12-4-6-14(7-5-12)39(33,34)35)10-16-15(17)2-1-3-18(16)37-38(31)32/h1-7,10-11,30H,8-9H2,(H,31,32)(H,33,34,35)/p-1. The highest BCUT2D eigenvalue weighted by Gasteiger charge is 2.70. The highest BCUT2D eigenvalue weighted by Crippen LogP contribution is 2.45. The molecule has 3 rings (SSSR count). The molecule has 0 aliphatic heterocycles. The number of ether oxygens (including phenoxy) is 1. The molecule has 9 nitrogen and oxygen atoms in total. The summed E-state index contributed by atoms with van der Waals surface area (Å²) < 4.78 is 141. The Morgan fingerprint density at radius 3 is 2.03 bits per heavy atom. The van der Waals surface area contributed by atoms with Crippen LogP contribution in [0, 0.1) is 0 Å². The summed E-state index contributed by atoms with van der Waals surface area (Å²) in [6.45, 7) is -1.51. The molecule has 0 fully saturated rings. The number of halogens is 6. The van der Waals surface area contributed by atoms with E-state index in [1.54, 1.807) is 0 Å². The number of rotatable bonds is 8. The van der Waals surface area contributed by atoms with Gasteiger partial charge in [-0.3, -0.25) is 4.55 Å². The molecule has 0 bridgehead atoms. The van der Waals surface area contributed by atoms with Crippen LogP contribution < -0.4 is 4.18 Å². The van der Waals surface area contributed by atoms with E-state index in [1.807, 2.05) is 0 Å². The Morgan fingerprint density at radius 1 is 0.923 bits per heavy atom. The summed E-state index contributed by atoms with van der Waals surface area (Å²) in [6, 6.07) is 10.5. The number of alkyl halides is 6. The third kappa shape index (κ3) is 6.50. The van der Waals surface area contributed by atoms with Crippen molar-refractivity contribution in [1.82, 2.24) is 0 Å². The van der Waals surface area contributed by atoms with Gasteiger partial charge in [0.1, 0.15) is 17.1 Å². The molecule has 0 spiro atoms. The third-order valence-electron chi connectivity index (χ3n) is 5.45. The maximum atomic E-state index is 12.9. The predicted octanol–water partition coefficient (Wildman–Crippen LogP) is 4.33. The van der Waals surface area contributed by atoms with Crippen molar-refractivity contribution in [1.29, 1.82) is 0 Å². The van der Waals surface area contributed by atoms with E-state index in [4.69, 9.17) is 4.55 Å². The van der Waals surface area contributed by atoms with Gasteiger partial charge in [0.25, 0.3) is 15.7 Å². The zero-order chi connectivity index (χ0) is 29.4. The topological polar surface area (TPSA) is 150 Å². The molecule has 0 aliphatic rings.